The topological polar surface area (TPSA) is 93.7 Å². The van der Waals surface area contributed by atoms with Crippen molar-refractivity contribution in [2.45, 2.75) is 0 Å². The van der Waals surface area contributed by atoms with Crippen LogP contribution in [0.25, 0.3) is 0 Å². The van der Waals surface area contributed by atoms with Crippen molar-refractivity contribution in [3.05, 3.63) is 23.8 Å². The fourth-order valence-corrected chi connectivity index (χ4v) is 1.20. The summed E-state index contributed by atoms with van der Waals surface area (Å²) in [6, 6.07) is 5.29. The normalized spacial score (nSPS) is 12.1. The maximum absolute atomic E-state index is 5.84. The number of hydrogen-bond donors (Lipinski definition) is 3. The lowest BCUT2D eigenvalue weighted by Crippen LogP contribution is -2.19. The first-order chi connectivity index (χ1) is 7.50. The summed E-state index contributed by atoms with van der Waals surface area (Å²) in [5.74, 6) is 0.494. The van der Waals surface area contributed by atoms with E-state index < -0.39 is 0 Å². The van der Waals surface area contributed by atoms with Crippen LogP contribution >= 0.6 is 0 Å². The molecule has 0 spiro atoms. The molecule has 88 valence electrons. The van der Waals surface area contributed by atoms with Crippen LogP contribution in [0.1, 0.15) is 5.56 Å². The Balaban J connectivity index is 2.72. The van der Waals surface area contributed by atoms with E-state index in [2.05, 4.69) is 4.99 Å². The van der Waals surface area contributed by atoms with E-state index in [4.69, 9.17) is 17.2 Å². The highest BCUT2D eigenvalue weighted by Crippen LogP contribution is 2.15. The van der Waals surface area contributed by atoms with Gasteiger partial charge in [0.2, 0.25) is 0 Å². The van der Waals surface area contributed by atoms with Crippen molar-refractivity contribution in [1.29, 1.82) is 0 Å². The van der Waals surface area contributed by atoms with Crippen LogP contribution in [-0.4, -0.2) is 37.9 Å². The van der Waals surface area contributed by atoms with Gasteiger partial charge in [0.05, 0.1) is 17.9 Å². The number of likely N-dealkylation sites (N-methyl/N-ethyl adjacent to an activating group) is 1. The van der Waals surface area contributed by atoms with E-state index in [0.29, 0.717) is 23.8 Å². The van der Waals surface area contributed by atoms with Crippen molar-refractivity contribution in [1.82, 2.24) is 4.90 Å². The number of anilines is 2. The fourth-order valence-electron chi connectivity index (χ4n) is 1.20. The van der Waals surface area contributed by atoms with Gasteiger partial charge in [-0.05, 0) is 32.3 Å². The monoisotopic (exact) mass is 221 g/mol. The molecule has 0 aliphatic carbocycles. The minimum absolute atomic E-state index is 0.494. The quantitative estimate of drug-likeness (QED) is 0.382. The molecule has 1 rings (SSSR count). The molecular formula is C11H19N5. The zero-order valence-electron chi connectivity index (χ0n) is 9.77. The van der Waals surface area contributed by atoms with E-state index in [1.165, 1.54) is 0 Å². The average molecular weight is 221 g/mol. The highest BCUT2D eigenvalue weighted by Gasteiger charge is 2.01. The molecule has 0 saturated heterocycles. The third-order valence-corrected chi connectivity index (χ3v) is 2.21. The second-order valence-corrected chi connectivity index (χ2v) is 3.91. The summed E-state index contributed by atoms with van der Waals surface area (Å²) in [5, 5.41) is 0. The van der Waals surface area contributed by atoms with Gasteiger partial charge in [-0.2, -0.15) is 0 Å². The summed E-state index contributed by atoms with van der Waals surface area (Å²) in [5.41, 5.74) is 19.0. The molecule has 0 aliphatic heterocycles. The highest BCUT2D eigenvalue weighted by molar-refractivity contribution is 5.98. The van der Waals surface area contributed by atoms with Crippen molar-refractivity contribution in [3.8, 4) is 0 Å². The number of nitrogen functional groups attached to an aromatic ring is 2. The number of amidine groups is 1. The van der Waals surface area contributed by atoms with Crippen LogP contribution in [0.2, 0.25) is 0 Å². The summed E-state index contributed by atoms with van der Waals surface area (Å²) in [7, 11) is 3.99. The van der Waals surface area contributed by atoms with Crippen LogP contribution in [0.15, 0.2) is 23.2 Å². The summed E-state index contributed by atoms with van der Waals surface area (Å²) >= 11 is 0. The maximum Gasteiger partial charge on any atom is 0.125 e. The van der Waals surface area contributed by atoms with Gasteiger partial charge in [0.25, 0.3) is 0 Å². The number of nitrogens with two attached hydrogens (primary N) is 3. The van der Waals surface area contributed by atoms with E-state index >= 15 is 0 Å². The molecule has 5 heteroatoms. The van der Waals surface area contributed by atoms with Crippen LogP contribution in [0, 0.1) is 0 Å². The van der Waals surface area contributed by atoms with E-state index in [1.54, 1.807) is 12.1 Å². The molecule has 0 atom stereocenters. The van der Waals surface area contributed by atoms with E-state index in [1.807, 2.05) is 25.1 Å². The predicted molar refractivity (Wildman–Crippen MR) is 69.4 cm³/mol. The second kappa shape index (κ2) is 5.37. The minimum Gasteiger partial charge on any atom is -0.397 e. The average Bonchev–Trinajstić information content (AvgIpc) is 2.21. The molecule has 0 unspecified atom stereocenters. The summed E-state index contributed by atoms with van der Waals surface area (Å²) in [4.78, 5) is 6.31. The van der Waals surface area contributed by atoms with Gasteiger partial charge in [0.15, 0.2) is 0 Å². The third kappa shape index (κ3) is 3.43. The zero-order chi connectivity index (χ0) is 12.1. The molecule has 1 aromatic rings. The van der Waals surface area contributed by atoms with Gasteiger partial charge >= 0.3 is 0 Å². The van der Waals surface area contributed by atoms with Crippen LogP contribution in [0.4, 0.5) is 11.4 Å². The molecule has 0 fully saturated rings. The van der Waals surface area contributed by atoms with Crippen molar-refractivity contribution < 1.29 is 0 Å². The molecule has 0 bridgehead atoms. The van der Waals surface area contributed by atoms with Gasteiger partial charge in [-0.3, -0.25) is 4.99 Å². The van der Waals surface area contributed by atoms with Crippen molar-refractivity contribution >= 4 is 17.2 Å². The molecule has 0 aromatic heterocycles. The lowest BCUT2D eigenvalue weighted by atomic mass is 10.1. The van der Waals surface area contributed by atoms with Gasteiger partial charge in [-0.25, -0.2) is 0 Å². The number of aliphatic imine (C=N–C) groups is 1. The van der Waals surface area contributed by atoms with Gasteiger partial charge < -0.3 is 22.1 Å². The smallest absolute Gasteiger partial charge is 0.125 e. The minimum atomic E-state index is 0.494. The molecule has 0 saturated carbocycles. The Kier molecular flexibility index (Phi) is 4.13. The van der Waals surface area contributed by atoms with Crippen molar-refractivity contribution in [2.24, 2.45) is 10.7 Å². The molecule has 1 aromatic carbocycles. The summed E-state index contributed by atoms with van der Waals surface area (Å²) in [6.07, 6.45) is 0. The molecule has 0 aliphatic rings. The number of nitrogens with zero attached hydrogens (tertiary/aromatic N) is 2. The Morgan fingerprint density at radius 2 is 1.94 bits per heavy atom. The first-order valence-corrected chi connectivity index (χ1v) is 5.10. The predicted octanol–water partition coefficient (Wildman–Crippen LogP) is 0.118. The molecule has 6 N–H and O–H groups in total. The first kappa shape index (κ1) is 12.3. The largest absolute Gasteiger partial charge is 0.397 e. The maximum atomic E-state index is 5.84. The molecular weight excluding hydrogens is 202 g/mol. The van der Waals surface area contributed by atoms with Crippen LogP contribution in [0.5, 0.6) is 0 Å². The fraction of sp³-hybridized carbons (Fsp3) is 0.364. The highest BCUT2D eigenvalue weighted by atomic mass is 15.1. The number of benzene rings is 1. The van der Waals surface area contributed by atoms with E-state index in [9.17, 15) is 0 Å². The van der Waals surface area contributed by atoms with E-state index in [0.717, 1.165) is 12.1 Å². The Bertz CT molecular complexity index is 384. The Morgan fingerprint density at radius 3 is 2.50 bits per heavy atom. The first-order valence-electron chi connectivity index (χ1n) is 5.10. The van der Waals surface area contributed by atoms with Gasteiger partial charge in [0, 0.05) is 12.1 Å². The van der Waals surface area contributed by atoms with Gasteiger partial charge in [-0.15, -0.1) is 0 Å². The van der Waals surface area contributed by atoms with Crippen molar-refractivity contribution in [3.63, 3.8) is 0 Å². The molecule has 5 nitrogen and oxygen atoms in total. The molecule has 0 amide bonds. The second-order valence-electron chi connectivity index (χ2n) is 3.91. The molecule has 16 heavy (non-hydrogen) atoms. The Hall–Kier alpha value is -1.75. The van der Waals surface area contributed by atoms with Crippen LogP contribution in [0.3, 0.4) is 0 Å². The molecule has 0 heterocycles. The Morgan fingerprint density at radius 1 is 1.25 bits per heavy atom. The van der Waals surface area contributed by atoms with Crippen LogP contribution in [-0.2, 0) is 0 Å². The van der Waals surface area contributed by atoms with E-state index in [-0.39, 0.29) is 0 Å². The third-order valence-electron chi connectivity index (χ3n) is 2.21. The zero-order valence-corrected chi connectivity index (χ0v) is 9.77. The lowest BCUT2D eigenvalue weighted by Gasteiger charge is -2.08. The van der Waals surface area contributed by atoms with Crippen LogP contribution < -0.4 is 17.2 Å². The standard InChI is InChI=1S/C11H19N5/c1-16(2)6-5-15-11(14)8-3-4-9(12)10(13)7-8/h3-4,7H,5-6,12-13H2,1-2H3,(H2,14,15). The number of hydrogen-bond acceptors (Lipinski definition) is 4. The summed E-state index contributed by atoms with van der Waals surface area (Å²) in [6.45, 7) is 1.54. The summed E-state index contributed by atoms with van der Waals surface area (Å²) < 4.78 is 0. The Labute approximate surface area is 95.9 Å². The SMILES string of the molecule is CN(C)CCN=C(N)c1ccc(N)c(N)c1. The van der Waals surface area contributed by atoms with Gasteiger partial charge in [0.1, 0.15) is 5.84 Å². The van der Waals surface area contributed by atoms with Gasteiger partial charge in [-0.1, -0.05) is 0 Å². The number of rotatable bonds is 4. The van der Waals surface area contributed by atoms with Crippen molar-refractivity contribution in [2.75, 3.05) is 38.7 Å². The molecule has 0 radical (unpaired) electrons. The lowest BCUT2D eigenvalue weighted by molar-refractivity contribution is 0.420.